The highest BCUT2D eigenvalue weighted by molar-refractivity contribution is 5.89. The number of hydrogen-bond acceptors (Lipinski definition) is 4. The fourth-order valence-electron chi connectivity index (χ4n) is 2.41. The van der Waals surface area contributed by atoms with Gasteiger partial charge in [0.25, 0.3) is 0 Å². The van der Waals surface area contributed by atoms with Gasteiger partial charge in [-0.05, 0) is 30.3 Å². The van der Waals surface area contributed by atoms with Crippen LogP contribution in [0.15, 0.2) is 60.8 Å². The fourth-order valence-corrected chi connectivity index (χ4v) is 2.41. The molecule has 24 heavy (non-hydrogen) atoms. The van der Waals surface area contributed by atoms with E-state index in [-0.39, 0.29) is 0 Å². The van der Waals surface area contributed by atoms with E-state index in [0.29, 0.717) is 17.1 Å². The van der Waals surface area contributed by atoms with Crippen LogP contribution in [-0.4, -0.2) is 25.0 Å². The quantitative estimate of drug-likeness (QED) is 0.589. The molecular formula is C18H12N6. The van der Waals surface area contributed by atoms with Crippen molar-refractivity contribution in [1.82, 2.24) is 25.0 Å². The smallest absolute Gasteiger partial charge is 0.149 e. The molecular weight excluding hydrogens is 300 g/mol. The molecule has 6 nitrogen and oxygen atoms in total. The number of para-hydroxylation sites is 3. The van der Waals surface area contributed by atoms with Crippen LogP contribution in [0.1, 0.15) is 11.5 Å². The van der Waals surface area contributed by atoms with Crippen molar-refractivity contribution < 1.29 is 0 Å². The van der Waals surface area contributed by atoms with E-state index in [2.05, 4.69) is 26.2 Å². The van der Waals surface area contributed by atoms with Crippen molar-refractivity contribution >= 4 is 22.7 Å². The highest BCUT2D eigenvalue weighted by Crippen LogP contribution is 2.18. The van der Waals surface area contributed by atoms with Gasteiger partial charge in [-0.1, -0.05) is 30.3 Å². The van der Waals surface area contributed by atoms with E-state index >= 15 is 0 Å². The minimum absolute atomic E-state index is 0.409. The topological polar surface area (TPSA) is 83.2 Å². The summed E-state index contributed by atoms with van der Waals surface area (Å²) < 4.78 is 0. The van der Waals surface area contributed by atoms with E-state index in [1.165, 1.54) is 4.80 Å². The lowest BCUT2D eigenvalue weighted by atomic mass is 10.2. The summed E-state index contributed by atoms with van der Waals surface area (Å²) in [7, 11) is 0. The lowest BCUT2D eigenvalue weighted by Gasteiger charge is -1.96. The van der Waals surface area contributed by atoms with Gasteiger partial charge in [0.2, 0.25) is 0 Å². The van der Waals surface area contributed by atoms with Crippen LogP contribution in [0.2, 0.25) is 0 Å². The van der Waals surface area contributed by atoms with Crippen molar-refractivity contribution in [2.45, 2.75) is 0 Å². The first kappa shape index (κ1) is 13.9. The SMILES string of the molecule is N#CC(=Cc1cnn(-c2ccccc2)n1)c1nc2ccccc2[nH]1. The molecule has 0 fully saturated rings. The maximum Gasteiger partial charge on any atom is 0.149 e. The Balaban J connectivity index is 1.71. The minimum atomic E-state index is 0.409. The molecule has 6 heteroatoms. The Morgan fingerprint density at radius 3 is 2.67 bits per heavy atom. The summed E-state index contributed by atoms with van der Waals surface area (Å²) in [5, 5.41) is 18.1. The van der Waals surface area contributed by atoms with Crippen LogP contribution in [0.25, 0.3) is 28.4 Å². The first-order chi connectivity index (χ1) is 11.8. The van der Waals surface area contributed by atoms with Crippen LogP contribution in [-0.2, 0) is 0 Å². The summed E-state index contributed by atoms with van der Waals surface area (Å²) in [5.74, 6) is 0.521. The van der Waals surface area contributed by atoms with Crippen LogP contribution in [0.5, 0.6) is 0 Å². The molecule has 0 spiro atoms. The predicted molar refractivity (Wildman–Crippen MR) is 90.9 cm³/mol. The zero-order valence-corrected chi connectivity index (χ0v) is 12.6. The summed E-state index contributed by atoms with van der Waals surface area (Å²) >= 11 is 0. The first-order valence-electron chi connectivity index (χ1n) is 7.38. The van der Waals surface area contributed by atoms with Crippen LogP contribution < -0.4 is 0 Å². The molecule has 2 aromatic heterocycles. The van der Waals surface area contributed by atoms with Crippen molar-refractivity contribution in [3.63, 3.8) is 0 Å². The van der Waals surface area contributed by atoms with Gasteiger partial charge >= 0.3 is 0 Å². The average Bonchev–Trinajstić information content (AvgIpc) is 3.27. The van der Waals surface area contributed by atoms with Crippen molar-refractivity contribution in [3.8, 4) is 11.8 Å². The number of fused-ring (bicyclic) bond motifs is 1. The molecule has 0 unspecified atom stereocenters. The van der Waals surface area contributed by atoms with E-state index in [1.54, 1.807) is 12.3 Å². The predicted octanol–water partition coefficient (Wildman–Crippen LogP) is 3.21. The van der Waals surface area contributed by atoms with Gasteiger partial charge in [-0.2, -0.15) is 15.2 Å². The standard InChI is InChI=1S/C18H12N6/c19-11-13(18-21-16-8-4-5-9-17(16)22-18)10-14-12-20-24(23-14)15-6-2-1-3-7-15/h1-10,12H,(H,21,22). The van der Waals surface area contributed by atoms with E-state index in [9.17, 15) is 5.26 Å². The highest BCUT2D eigenvalue weighted by atomic mass is 15.5. The van der Waals surface area contributed by atoms with E-state index in [4.69, 9.17) is 0 Å². The number of allylic oxidation sites excluding steroid dienone is 1. The van der Waals surface area contributed by atoms with Gasteiger partial charge in [0.1, 0.15) is 17.6 Å². The maximum absolute atomic E-state index is 9.46. The monoisotopic (exact) mass is 312 g/mol. The number of rotatable bonds is 3. The molecule has 4 rings (SSSR count). The number of nitriles is 1. The Bertz CT molecular complexity index is 1030. The van der Waals surface area contributed by atoms with E-state index in [0.717, 1.165) is 16.7 Å². The molecule has 4 aromatic rings. The number of nitrogens with one attached hydrogen (secondary N) is 1. The lowest BCUT2D eigenvalue weighted by Crippen LogP contribution is -1.97. The Hall–Kier alpha value is -3.72. The molecule has 0 aliphatic carbocycles. The summed E-state index contributed by atoms with van der Waals surface area (Å²) in [6.45, 7) is 0. The van der Waals surface area contributed by atoms with E-state index in [1.807, 2.05) is 54.6 Å². The Morgan fingerprint density at radius 2 is 1.88 bits per heavy atom. The average molecular weight is 312 g/mol. The van der Waals surface area contributed by atoms with Gasteiger partial charge in [0.05, 0.1) is 28.5 Å². The van der Waals surface area contributed by atoms with Crippen LogP contribution in [0.3, 0.4) is 0 Å². The fraction of sp³-hybridized carbons (Fsp3) is 0. The third-order valence-electron chi connectivity index (χ3n) is 3.55. The lowest BCUT2D eigenvalue weighted by molar-refractivity contribution is 0.750. The van der Waals surface area contributed by atoms with Gasteiger partial charge in [-0.3, -0.25) is 0 Å². The number of nitrogens with zero attached hydrogens (tertiary/aromatic N) is 5. The van der Waals surface area contributed by atoms with Gasteiger partial charge in [-0.25, -0.2) is 4.98 Å². The molecule has 1 N–H and O–H groups in total. The van der Waals surface area contributed by atoms with Crippen LogP contribution in [0.4, 0.5) is 0 Å². The second-order valence-electron chi connectivity index (χ2n) is 5.17. The number of aromatic nitrogens is 5. The highest BCUT2D eigenvalue weighted by Gasteiger charge is 2.09. The molecule has 0 bridgehead atoms. The van der Waals surface area contributed by atoms with Crippen LogP contribution >= 0.6 is 0 Å². The molecule has 0 aliphatic rings. The summed E-state index contributed by atoms with van der Waals surface area (Å²) in [4.78, 5) is 9.12. The third kappa shape index (κ3) is 2.55. The molecule has 0 amide bonds. The summed E-state index contributed by atoms with van der Waals surface area (Å²) in [5.41, 5.74) is 3.57. The summed E-state index contributed by atoms with van der Waals surface area (Å²) in [6.07, 6.45) is 3.29. The molecule has 0 aliphatic heterocycles. The largest absolute Gasteiger partial charge is 0.337 e. The van der Waals surface area contributed by atoms with Gasteiger partial charge in [-0.15, -0.1) is 5.10 Å². The van der Waals surface area contributed by atoms with Crippen molar-refractivity contribution in [1.29, 1.82) is 5.26 Å². The molecule has 0 saturated heterocycles. The number of aromatic amines is 1. The third-order valence-corrected chi connectivity index (χ3v) is 3.55. The Kier molecular flexibility index (Phi) is 3.37. The number of H-pyrrole nitrogens is 1. The number of hydrogen-bond donors (Lipinski definition) is 1. The zero-order chi connectivity index (χ0) is 16.4. The Labute approximate surface area is 137 Å². The number of benzene rings is 2. The van der Waals surface area contributed by atoms with Gasteiger partial charge < -0.3 is 4.98 Å². The zero-order valence-electron chi connectivity index (χ0n) is 12.6. The molecule has 0 radical (unpaired) electrons. The second-order valence-corrected chi connectivity index (χ2v) is 5.17. The molecule has 0 atom stereocenters. The molecule has 114 valence electrons. The molecule has 2 aromatic carbocycles. The Morgan fingerprint density at radius 1 is 1.08 bits per heavy atom. The number of imidazole rings is 1. The molecule has 2 heterocycles. The van der Waals surface area contributed by atoms with Crippen molar-refractivity contribution in [2.24, 2.45) is 0 Å². The normalized spacial score (nSPS) is 11.5. The van der Waals surface area contributed by atoms with Gasteiger partial charge in [0.15, 0.2) is 0 Å². The van der Waals surface area contributed by atoms with Crippen LogP contribution in [0, 0.1) is 11.3 Å². The second kappa shape index (κ2) is 5.82. The maximum atomic E-state index is 9.46. The minimum Gasteiger partial charge on any atom is -0.337 e. The first-order valence-corrected chi connectivity index (χ1v) is 7.38. The molecule has 0 saturated carbocycles. The van der Waals surface area contributed by atoms with E-state index < -0.39 is 0 Å². The van der Waals surface area contributed by atoms with Crippen molar-refractivity contribution in [3.05, 3.63) is 72.3 Å². The summed E-state index contributed by atoms with van der Waals surface area (Å²) in [6, 6.07) is 19.4. The van der Waals surface area contributed by atoms with Gasteiger partial charge in [0, 0.05) is 0 Å². The van der Waals surface area contributed by atoms with Crippen molar-refractivity contribution in [2.75, 3.05) is 0 Å².